The summed E-state index contributed by atoms with van der Waals surface area (Å²) in [5, 5.41) is 0.163. The molecule has 1 saturated heterocycles. The van der Waals surface area contributed by atoms with E-state index in [0.29, 0.717) is 30.5 Å². The first kappa shape index (κ1) is 21.8. The molecule has 1 aliphatic heterocycles. The quantitative estimate of drug-likeness (QED) is 0.482. The largest absolute Gasteiger partial charge is 0.493 e. The van der Waals surface area contributed by atoms with E-state index in [2.05, 4.69) is 40.4 Å². The van der Waals surface area contributed by atoms with Crippen molar-refractivity contribution >= 4 is 8.32 Å². The zero-order valence-electron chi connectivity index (χ0n) is 18.0. The Hall–Kier alpha value is -1.50. The average Bonchev–Trinajstić information content (AvgIpc) is 2.98. The van der Waals surface area contributed by atoms with E-state index in [-0.39, 0.29) is 17.1 Å². The van der Waals surface area contributed by atoms with E-state index in [9.17, 15) is 0 Å². The molecule has 1 fully saturated rings. The number of rotatable bonds is 7. The number of hydrogen-bond donors (Lipinski definition) is 0. The van der Waals surface area contributed by atoms with E-state index < -0.39 is 8.32 Å². The Morgan fingerprint density at radius 2 is 1.63 bits per heavy atom. The highest BCUT2D eigenvalue weighted by atomic mass is 28.4. The molecule has 0 spiro atoms. The fourth-order valence-electron chi connectivity index (χ4n) is 2.95. The van der Waals surface area contributed by atoms with Crippen molar-refractivity contribution in [2.75, 3.05) is 34.5 Å². The molecule has 0 bridgehead atoms. The van der Waals surface area contributed by atoms with Gasteiger partial charge in [-0.15, -0.1) is 0 Å². The van der Waals surface area contributed by atoms with Gasteiger partial charge in [0.05, 0.1) is 34.0 Å². The lowest BCUT2D eigenvalue weighted by molar-refractivity contribution is 0.0734. The van der Waals surface area contributed by atoms with Crippen LogP contribution in [0.2, 0.25) is 18.1 Å². The van der Waals surface area contributed by atoms with Gasteiger partial charge in [0.15, 0.2) is 19.8 Å². The van der Waals surface area contributed by atoms with E-state index in [1.807, 2.05) is 12.1 Å². The molecule has 2 rings (SSSR count). The van der Waals surface area contributed by atoms with Crippen LogP contribution >= 0.6 is 0 Å². The summed E-state index contributed by atoms with van der Waals surface area (Å²) in [6.07, 6.45) is -0.143. The van der Waals surface area contributed by atoms with Gasteiger partial charge in [0.25, 0.3) is 0 Å². The molecule has 1 aliphatic rings. The first-order valence-corrected chi connectivity index (χ1v) is 12.2. The van der Waals surface area contributed by atoms with Gasteiger partial charge in [-0.2, -0.15) is 0 Å². The summed E-state index contributed by atoms with van der Waals surface area (Å²) in [5.74, 6) is 1.92. The molecule has 1 heterocycles. The molecule has 0 N–H and O–H groups in total. The predicted octanol–water partition coefficient (Wildman–Crippen LogP) is 4.98. The van der Waals surface area contributed by atoms with Crippen molar-refractivity contribution in [3.8, 4) is 17.2 Å². The van der Waals surface area contributed by atoms with Gasteiger partial charge < -0.3 is 23.4 Å². The number of methoxy groups -OCH3 is 3. The molecule has 1 aromatic rings. The first-order valence-electron chi connectivity index (χ1n) is 9.29. The molecule has 0 radical (unpaired) electrons. The Morgan fingerprint density at radius 1 is 1.07 bits per heavy atom. The van der Waals surface area contributed by atoms with Crippen LogP contribution in [0.5, 0.6) is 17.2 Å². The van der Waals surface area contributed by atoms with Gasteiger partial charge in [0, 0.05) is 12.5 Å². The summed E-state index contributed by atoms with van der Waals surface area (Å²) in [6.45, 7) is 16.6. The molecule has 0 saturated carbocycles. The van der Waals surface area contributed by atoms with Crippen LogP contribution in [0.3, 0.4) is 0 Å². The average molecular weight is 395 g/mol. The molecule has 0 unspecified atom stereocenters. The van der Waals surface area contributed by atoms with Crippen molar-refractivity contribution in [2.24, 2.45) is 5.92 Å². The second-order valence-electron chi connectivity index (χ2n) is 8.53. The topological polar surface area (TPSA) is 46.2 Å². The number of benzene rings is 1. The second-order valence-corrected chi connectivity index (χ2v) is 13.3. The molecule has 0 aliphatic carbocycles. The van der Waals surface area contributed by atoms with E-state index in [0.717, 1.165) is 11.1 Å². The Morgan fingerprint density at radius 3 is 2.07 bits per heavy atom. The van der Waals surface area contributed by atoms with Crippen molar-refractivity contribution in [1.82, 2.24) is 0 Å². The maximum Gasteiger partial charge on any atom is 0.203 e. The fraction of sp³-hybridized carbons (Fsp3) is 0.619. The summed E-state index contributed by atoms with van der Waals surface area (Å²) in [5.41, 5.74) is 2.04. The lowest BCUT2D eigenvalue weighted by Crippen LogP contribution is -2.42. The van der Waals surface area contributed by atoms with E-state index in [4.69, 9.17) is 23.4 Å². The summed E-state index contributed by atoms with van der Waals surface area (Å²) < 4.78 is 29.0. The Labute approximate surface area is 164 Å². The van der Waals surface area contributed by atoms with Crippen molar-refractivity contribution < 1.29 is 23.4 Å². The summed E-state index contributed by atoms with van der Waals surface area (Å²) in [4.78, 5) is 0. The van der Waals surface area contributed by atoms with Gasteiger partial charge >= 0.3 is 0 Å². The smallest absolute Gasteiger partial charge is 0.203 e. The van der Waals surface area contributed by atoms with Crippen LogP contribution in [0.4, 0.5) is 0 Å². The van der Waals surface area contributed by atoms with Gasteiger partial charge in [0.1, 0.15) is 0 Å². The minimum absolute atomic E-state index is 0.0990. The Kier molecular flexibility index (Phi) is 6.66. The van der Waals surface area contributed by atoms with Crippen LogP contribution in [-0.4, -0.2) is 42.9 Å². The molecule has 152 valence electrons. The zero-order chi connectivity index (χ0) is 20.4. The van der Waals surface area contributed by atoms with Crippen LogP contribution in [0, 0.1) is 5.92 Å². The van der Waals surface area contributed by atoms with Gasteiger partial charge in [-0.05, 0) is 41.4 Å². The molecule has 6 heteroatoms. The highest BCUT2D eigenvalue weighted by Gasteiger charge is 2.40. The maximum atomic E-state index is 6.47. The Bertz CT molecular complexity index is 653. The molecular formula is C21H34O5Si. The first-order chi connectivity index (χ1) is 12.6. The Balaban J connectivity index is 2.30. The van der Waals surface area contributed by atoms with Crippen LogP contribution in [0.25, 0.3) is 0 Å². The molecule has 1 aromatic carbocycles. The minimum atomic E-state index is -1.85. The standard InChI is InChI=1S/C21H34O5Si/c1-14-12-25-19(16(14)13-26-27(8,9)21(2,3)4)15-10-17(22-5)20(24-7)18(11-15)23-6/h10-11,16,19H,1,12-13H2,2-9H3/t16-,19+/m0/s1. The predicted molar refractivity (Wildman–Crippen MR) is 111 cm³/mol. The SMILES string of the molecule is C=C1CO[C@H](c2cc(OC)c(OC)c(OC)c2)[C@H]1CO[Si](C)(C)C(C)(C)C. The fourth-order valence-corrected chi connectivity index (χ4v) is 3.98. The van der Waals surface area contributed by atoms with Crippen molar-refractivity contribution in [3.63, 3.8) is 0 Å². The third kappa shape index (κ3) is 4.50. The zero-order valence-corrected chi connectivity index (χ0v) is 19.0. The molecule has 0 aromatic heterocycles. The molecule has 2 atom stereocenters. The normalized spacial score (nSPS) is 20.7. The summed E-state index contributed by atoms with van der Waals surface area (Å²) >= 11 is 0. The minimum Gasteiger partial charge on any atom is -0.493 e. The van der Waals surface area contributed by atoms with Crippen LogP contribution in [-0.2, 0) is 9.16 Å². The van der Waals surface area contributed by atoms with Crippen LogP contribution < -0.4 is 14.2 Å². The number of ether oxygens (including phenoxy) is 4. The van der Waals surface area contributed by atoms with Crippen LogP contribution in [0.15, 0.2) is 24.3 Å². The molecule has 27 heavy (non-hydrogen) atoms. The molecule has 0 amide bonds. The third-order valence-electron chi connectivity index (χ3n) is 5.78. The lowest BCUT2D eigenvalue weighted by Gasteiger charge is -2.37. The summed E-state index contributed by atoms with van der Waals surface area (Å²) in [7, 11) is 2.99. The molecular weight excluding hydrogens is 360 g/mol. The van der Waals surface area contributed by atoms with Gasteiger partial charge in [-0.3, -0.25) is 0 Å². The van der Waals surface area contributed by atoms with E-state index >= 15 is 0 Å². The van der Waals surface area contributed by atoms with Gasteiger partial charge in [0.2, 0.25) is 5.75 Å². The van der Waals surface area contributed by atoms with Gasteiger partial charge in [-0.1, -0.05) is 27.4 Å². The summed E-state index contributed by atoms with van der Waals surface area (Å²) in [6, 6.07) is 3.90. The maximum absolute atomic E-state index is 6.47. The van der Waals surface area contributed by atoms with Crippen molar-refractivity contribution in [2.45, 2.75) is 45.0 Å². The van der Waals surface area contributed by atoms with E-state index in [1.165, 1.54) is 0 Å². The van der Waals surface area contributed by atoms with Crippen molar-refractivity contribution in [1.29, 1.82) is 0 Å². The van der Waals surface area contributed by atoms with Crippen LogP contribution in [0.1, 0.15) is 32.4 Å². The highest BCUT2D eigenvalue weighted by molar-refractivity contribution is 6.74. The van der Waals surface area contributed by atoms with Gasteiger partial charge in [-0.25, -0.2) is 0 Å². The van der Waals surface area contributed by atoms with Crippen molar-refractivity contribution in [3.05, 3.63) is 29.8 Å². The number of hydrogen-bond acceptors (Lipinski definition) is 5. The molecule has 5 nitrogen and oxygen atoms in total. The monoisotopic (exact) mass is 394 g/mol. The highest BCUT2D eigenvalue weighted by Crippen LogP contribution is 2.45. The second kappa shape index (κ2) is 8.25. The van der Waals surface area contributed by atoms with E-state index in [1.54, 1.807) is 21.3 Å². The third-order valence-corrected chi connectivity index (χ3v) is 10.3. The lowest BCUT2D eigenvalue weighted by atomic mass is 9.93.